The summed E-state index contributed by atoms with van der Waals surface area (Å²) in [5.74, 6) is -0.933. The maximum atomic E-state index is 11.5. The molecule has 6 heteroatoms. The Morgan fingerprint density at radius 1 is 1.47 bits per heavy atom. The number of para-hydroxylation sites is 1. The summed E-state index contributed by atoms with van der Waals surface area (Å²) in [6.45, 7) is 1.69. The van der Waals surface area contributed by atoms with E-state index in [1.807, 2.05) is 24.3 Å². The molecule has 0 aliphatic carbocycles. The van der Waals surface area contributed by atoms with Gasteiger partial charge >= 0.3 is 11.7 Å². The van der Waals surface area contributed by atoms with Gasteiger partial charge in [0, 0.05) is 28.7 Å². The molecule has 0 fully saturated rings. The fraction of sp³-hybridized carbons (Fsp3) is 0.154. The number of carbonyl (C=O) groups is 1. The fourth-order valence-electron chi connectivity index (χ4n) is 1.75. The number of carbonyl (C=O) groups excluding carboxylic acids is 1. The van der Waals surface area contributed by atoms with Gasteiger partial charge in [0.05, 0.1) is 11.5 Å². The first kappa shape index (κ1) is 12.8. The first-order chi connectivity index (χ1) is 9.13. The van der Waals surface area contributed by atoms with Gasteiger partial charge in [-0.2, -0.15) is 0 Å². The lowest BCUT2D eigenvalue weighted by Gasteiger charge is -1.98. The number of hydrogen-bond acceptors (Lipinski definition) is 4. The molecular weight excluding hydrogens is 248 g/mol. The number of nitrogens with zero attached hydrogens (tertiary/aromatic N) is 1. The van der Waals surface area contributed by atoms with Crippen molar-refractivity contribution < 1.29 is 14.5 Å². The van der Waals surface area contributed by atoms with Gasteiger partial charge in [-0.15, -0.1) is 0 Å². The topological polar surface area (TPSA) is 85.2 Å². The van der Waals surface area contributed by atoms with Crippen LogP contribution in [0, 0.1) is 10.1 Å². The standard InChI is InChI=1S/C13H12N2O4/c1-2-19-13(16)12(15(17)18)7-9-8-14-11-6-4-3-5-10(9)11/h3-8,14H,2H2,1H3/b12-7-. The highest BCUT2D eigenvalue weighted by Gasteiger charge is 2.23. The van der Waals surface area contributed by atoms with Gasteiger partial charge in [-0.1, -0.05) is 18.2 Å². The van der Waals surface area contributed by atoms with Crippen LogP contribution in [0.1, 0.15) is 12.5 Å². The van der Waals surface area contributed by atoms with Crippen molar-refractivity contribution in [1.82, 2.24) is 4.98 Å². The Morgan fingerprint density at radius 3 is 2.89 bits per heavy atom. The number of ether oxygens (including phenoxy) is 1. The molecule has 0 unspecified atom stereocenters. The molecule has 0 aliphatic heterocycles. The Morgan fingerprint density at radius 2 is 2.21 bits per heavy atom. The van der Waals surface area contributed by atoms with Crippen molar-refractivity contribution in [2.45, 2.75) is 6.92 Å². The average Bonchev–Trinajstić information content (AvgIpc) is 2.79. The molecule has 0 aliphatic rings. The van der Waals surface area contributed by atoms with Crippen LogP contribution in [0.25, 0.3) is 17.0 Å². The van der Waals surface area contributed by atoms with Crippen molar-refractivity contribution in [3.63, 3.8) is 0 Å². The van der Waals surface area contributed by atoms with Crippen molar-refractivity contribution in [3.05, 3.63) is 51.8 Å². The molecule has 1 aromatic heterocycles. The number of hydrogen-bond donors (Lipinski definition) is 1. The number of esters is 1. The summed E-state index contributed by atoms with van der Waals surface area (Å²) >= 11 is 0. The molecule has 0 radical (unpaired) electrons. The molecule has 0 saturated heterocycles. The second-order valence-electron chi connectivity index (χ2n) is 3.80. The molecule has 19 heavy (non-hydrogen) atoms. The molecule has 1 heterocycles. The lowest BCUT2D eigenvalue weighted by atomic mass is 10.1. The third-order valence-electron chi connectivity index (χ3n) is 2.59. The van der Waals surface area contributed by atoms with Crippen LogP contribution in [-0.4, -0.2) is 22.5 Å². The predicted octanol–water partition coefficient (Wildman–Crippen LogP) is 2.35. The quantitative estimate of drug-likeness (QED) is 0.395. The summed E-state index contributed by atoms with van der Waals surface area (Å²) in [6.07, 6.45) is 2.84. The molecule has 2 rings (SSSR count). The number of fused-ring (bicyclic) bond motifs is 1. The van der Waals surface area contributed by atoms with Gasteiger partial charge in [0.1, 0.15) is 0 Å². The van der Waals surface area contributed by atoms with Crippen LogP contribution in [0.3, 0.4) is 0 Å². The van der Waals surface area contributed by atoms with Crippen LogP contribution in [0.2, 0.25) is 0 Å². The number of rotatable bonds is 4. The van der Waals surface area contributed by atoms with Crippen LogP contribution in [-0.2, 0) is 9.53 Å². The Kier molecular flexibility index (Phi) is 3.61. The van der Waals surface area contributed by atoms with E-state index in [-0.39, 0.29) is 6.61 Å². The van der Waals surface area contributed by atoms with Gasteiger partial charge in [-0.3, -0.25) is 10.1 Å². The van der Waals surface area contributed by atoms with Crippen molar-refractivity contribution in [2.24, 2.45) is 0 Å². The molecule has 0 bridgehead atoms. The first-order valence-corrected chi connectivity index (χ1v) is 5.72. The van der Waals surface area contributed by atoms with Crippen LogP contribution in [0.15, 0.2) is 36.2 Å². The normalized spacial score (nSPS) is 11.5. The van der Waals surface area contributed by atoms with Crippen LogP contribution in [0.5, 0.6) is 0 Å². The van der Waals surface area contributed by atoms with Crippen LogP contribution < -0.4 is 0 Å². The highest BCUT2D eigenvalue weighted by Crippen LogP contribution is 2.20. The molecule has 1 N–H and O–H groups in total. The van der Waals surface area contributed by atoms with E-state index in [0.717, 1.165) is 10.9 Å². The fourth-order valence-corrected chi connectivity index (χ4v) is 1.75. The van der Waals surface area contributed by atoms with Crippen molar-refractivity contribution in [3.8, 4) is 0 Å². The van der Waals surface area contributed by atoms with Crippen molar-refractivity contribution in [2.75, 3.05) is 6.61 Å². The van der Waals surface area contributed by atoms with E-state index < -0.39 is 16.6 Å². The smallest absolute Gasteiger partial charge is 0.409 e. The van der Waals surface area contributed by atoms with Crippen molar-refractivity contribution >= 4 is 22.9 Å². The number of nitro groups is 1. The Labute approximate surface area is 108 Å². The van der Waals surface area contributed by atoms with E-state index in [1.54, 1.807) is 13.1 Å². The predicted molar refractivity (Wildman–Crippen MR) is 69.9 cm³/mol. The summed E-state index contributed by atoms with van der Waals surface area (Å²) in [5, 5.41) is 11.7. The average molecular weight is 260 g/mol. The van der Waals surface area contributed by atoms with E-state index in [4.69, 9.17) is 0 Å². The van der Waals surface area contributed by atoms with E-state index in [9.17, 15) is 14.9 Å². The number of benzene rings is 1. The SMILES string of the molecule is CCOC(=O)/C(=C/c1c[nH]c2ccccc12)[N+](=O)[O-]. The first-order valence-electron chi connectivity index (χ1n) is 5.72. The molecule has 1 aromatic carbocycles. The Hall–Kier alpha value is -2.63. The van der Waals surface area contributed by atoms with Crippen LogP contribution in [0.4, 0.5) is 0 Å². The second kappa shape index (κ2) is 5.34. The monoisotopic (exact) mass is 260 g/mol. The van der Waals surface area contributed by atoms with Gasteiger partial charge in [0.2, 0.25) is 0 Å². The van der Waals surface area contributed by atoms with E-state index in [0.29, 0.717) is 5.56 Å². The zero-order valence-corrected chi connectivity index (χ0v) is 10.3. The summed E-state index contributed by atoms with van der Waals surface area (Å²) in [7, 11) is 0. The lowest BCUT2D eigenvalue weighted by molar-refractivity contribution is -0.419. The highest BCUT2D eigenvalue weighted by atomic mass is 16.6. The zero-order chi connectivity index (χ0) is 13.8. The summed E-state index contributed by atoms with van der Waals surface area (Å²) in [6, 6.07) is 7.35. The molecule has 2 aromatic rings. The third kappa shape index (κ3) is 2.62. The summed E-state index contributed by atoms with van der Waals surface area (Å²) in [4.78, 5) is 24.7. The van der Waals surface area contributed by atoms with E-state index >= 15 is 0 Å². The van der Waals surface area contributed by atoms with Crippen LogP contribution >= 0.6 is 0 Å². The Bertz CT molecular complexity index is 657. The zero-order valence-electron chi connectivity index (χ0n) is 10.3. The largest absolute Gasteiger partial charge is 0.458 e. The molecule has 98 valence electrons. The third-order valence-corrected chi connectivity index (χ3v) is 2.59. The highest BCUT2D eigenvalue weighted by molar-refractivity contribution is 5.96. The van der Waals surface area contributed by atoms with Gasteiger partial charge in [-0.25, -0.2) is 4.79 Å². The molecule has 0 saturated carbocycles. The molecule has 6 nitrogen and oxygen atoms in total. The number of nitrogens with one attached hydrogen (secondary N) is 1. The Balaban J connectivity index is 2.46. The summed E-state index contributed by atoms with van der Waals surface area (Å²) < 4.78 is 4.67. The summed E-state index contributed by atoms with van der Waals surface area (Å²) in [5.41, 5.74) is 0.849. The second-order valence-corrected chi connectivity index (χ2v) is 3.80. The van der Waals surface area contributed by atoms with Gasteiger partial charge in [0.25, 0.3) is 0 Å². The molecule has 0 amide bonds. The minimum absolute atomic E-state index is 0.0951. The maximum Gasteiger partial charge on any atom is 0.409 e. The lowest BCUT2D eigenvalue weighted by Crippen LogP contribution is -2.14. The van der Waals surface area contributed by atoms with Gasteiger partial charge < -0.3 is 9.72 Å². The van der Waals surface area contributed by atoms with Gasteiger partial charge in [0.15, 0.2) is 0 Å². The molecule has 0 spiro atoms. The maximum absolute atomic E-state index is 11.5. The minimum Gasteiger partial charge on any atom is -0.458 e. The molecular formula is C13H12N2O4. The number of aromatic amines is 1. The van der Waals surface area contributed by atoms with E-state index in [2.05, 4.69) is 9.72 Å². The van der Waals surface area contributed by atoms with E-state index in [1.165, 1.54) is 6.08 Å². The minimum atomic E-state index is -0.933. The number of H-pyrrole nitrogens is 1. The van der Waals surface area contributed by atoms with Crippen molar-refractivity contribution in [1.29, 1.82) is 0 Å². The molecule has 0 atom stereocenters. The number of aromatic nitrogens is 1. The van der Waals surface area contributed by atoms with Gasteiger partial charge in [-0.05, 0) is 13.0 Å².